The van der Waals surface area contributed by atoms with Crippen LogP contribution in [0.25, 0.3) is 5.69 Å². The number of carbonyl (C=O) groups is 2. The topological polar surface area (TPSA) is 154 Å². The van der Waals surface area contributed by atoms with Gasteiger partial charge in [0.2, 0.25) is 5.88 Å². The Morgan fingerprint density at radius 1 is 1.10 bits per heavy atom. The van der Waals surface area contributed by atoms with Gasteiger partial charge >= 0.3 is 11.7 Å². The number of aromatic amines is 1. The van der Waals surface area contributed by atoms with Crippen molar-refractivity contribution in [1.82, 2.24) is 14.9 Å². The number of carboxylic acid groups (broad SMARTS) is 1. The summed E-state index contributed by atoms with van der Waals surface area (Å²) in [5.41, 5.74) is -1.07. The molecular weight excluding hydrogens is 428 g/mol. The number of aromatic hydroxyl groups is 1. The van der Waals surface area contributed by atoms with Crippen LogP contribution in [-0.4, -0.2) is 44.4 Å². The molecule has 0 atom stereocenters. The van der Waals surface area contributed by atoms with E-state index in [1.54, 1.807) is 0 Å². The van der Waals surface area contributed by atoms with Crippen molar-refractivity contribution in [2.45, 2.75) is 0 Å². The lowest BCUT2D eigenvalue weighted by Crippen LogP contribution is -2.31. The van der Waals surface area contributed by atoms with Crippen LogP contribution in [0.1, 0.15) is 15.9 Å². The molecule has 0 spiro atoms. The van der Waals surface area contributed by atoms with Gasteiger partial charge in [0.25, 0.3) is 11.5 Å². The van der Waals surface area contributed by atoms with Crippen molar-refractivity contribution in [2.75, 3.05) is 6.54 Å². The summed E-state index contributed by atoms with van der Waals surface area (Å²) in [6.07, 6.45) is 1.08. The van der Waals surface area contributed by atoms with Crippen LogP contribution in [0.3, 0.4) is 0 Å². The number of carboxylic acids is 1. The fourth-order valence-corrected chi connectivity index (χ4v) is 2.71. The van der Waals surface area contributed by atoms with E-state index in [0.29, 0.717) is 10.7 Å². The van der Waals surface area contributed by atoms with Crippen LogP contribution in [0.2, 0.25) is 5.02 Å². The number of nitrogens with one attached hydrogen (secondary N) is 2. The molecule has 4 N–H and O–H groups in total. The molecule has 3 rings (SSSR count). The van der Waals surface area contributed by atoms with Crippen LogP contribution in [0, 0.1) is 0 Å². The Labute approximate surface area is 179 Å². The van der Waals surface area contributed by atoms with E-state index in [1.165, 1.54) is 48.5 Å². The number of hydrogen-bond donors (Lipinski definition) is 4. The number of benzene rings is 2. The van der Waals surface area contributed by atoms with Gasteiger partial charge in [0.05, 0.1) is 11.4 Å². The van der Waals surface area contributed by atoms with E-state index >= 15 is 0 Å². The molecule has 2 aromatic carbocycles. The van der Waals surface area contributed by atoms with Gasteiger partial charge in [-0.1, -0.05) is 11.6 Å². The maximum atomic E-state index is 12.2. The number of nitrogens with zero attached hydrogens (tertiary/aromatic N) is 2. The van der Waals surface area contributed by atoms with Gasteiger partial charge in [-0.3, -0.25) is 24.4 Å². The molecule has 0 aliphatic rings. The lowest BCUT2D eigenvalue weighted by molar-refractivity contribution is -0.135. The average molecular weight is 443 g/mol. The second-order valence-electron chi connectivity index (χ2n) is 6.19. The van der Waals surface area contributed by atoms with Gasteiger partial charge < -0.3 is 15.5 Å². The molecule has 1 heterocycles. The minimum absolute atomic E-state index is 0.220. The third kappa shape index (κ3) is 5.06. The van der Waals surface area contributed by atoms with Crippen LogP contribution < -0.4 is 16.6 Å². The summed E-state index contributed by atoms with van der Waals surface area (Å²) in [5.74, 6) is -2.34. The number of H-pyrrole nitrogens is 1. The first-order valence-electron chi connectivity index (χ1n) is 8.74. The van der Waals surface area contributed by atoms with E-state index in [2.05, 4.69) is 15.3 Å². The normalized spacial score (nSPS) is 10.9. The highest BCUT2D eigenvalue weighted by molar-refractivity contribution is 6.30. The van der Waals surface area contributed by atoms with Gasteiger partial charge in [0, 0.05) is 16.8 Å². The molecule has 0 saturated heterocycles. The second-order valence-corrected chi connectivity index (χ2v) is 6.63. The zero-order valence-electron chi connectivity index (χ0n) is 15.7. The monoisotopic (exact) mass is 442 g/mol. The first kappa shape index (κ1) is 21.5. The Morgan fingerprint density at radius 2 is 1.74 bits per heavy atom. The maximum absolute atomic E-state index is 12.2. The molecule has 11 heteroatoms. The summed E-state index contributed by atoms with van der Waals surface area (Å²) in [6.45, 7) is -0.510. The number of rotatable bonds is 6. The van der Waals surface area contributed by atoms with Crippen molar-refractivity contribution in [3.63, 3.8) is 0 Å². The number of aromatic nitrogens is 2. The molecule has 31 heavy (non-hydrogen) atoms. The largest absolute Gasteiger partial charge is 0.493 e. The van der Waals surface area contributed by atoms with Gasteiger partial charge in [-0.15, -0.1) is 0 Å². The van der Waals surface area contributed by atoms with Crippen LogP contribution in [0.4, 0.5) is 5.69 Å². The summed E-state index contributed by atoms with van der Waals surface area (Å²) in [7, 11) is 0. The molecule has 1 amide bonds. The van der Waals surface area contributed by atoms with E-state index in [4.69, 9.17) is 16.7 Å². The maximum Gasteiger partial charge on any atom is 0.335 e. The van der Waals surface area contributed by atoms with Gasteiger partial charge in [0.15, 0.2) is 0 Å². The molecule has 0 aliphatic carbocycles. The SMILES string of the molecule is O=C(O)CNC(=O)c1ccc(N=Cc2c(O)n(-c3ccc(Cl)cc3)c(=O)[nH]c2=O)cc1. The minimum atomic E-state index is -1.17. The first-order valence-corrected chi connectivity index (χ1v) is 9.12. The summed E-state index contributed by atoms with van der Waals surface area (Å²) >= 11 is 5.83. The van der Waals surface area contributed by atoms with Gasteiger partial charge in [0.1, 0.15) is 12.1 Å². The van der Waals surface area contributed by atoms with E-state index in [0.717, 1.165) is 10.8 Å². The summed E-state index contributed by atoms with van der Waals surface area (Å²) in [4.78, 5) is 52.8. The fraction of sp³-hybridized carbons (Fsp3) is 0.0500. The second kappa shape index (κ2) is 9.09. The molecule has 0 unspecified atom stereocenters. The third-order valence-electron chi connectivity index (χ3n) is 4.08. The number of carbonyl (C=O) groups excluding carboxylic acids is 1. The van der Waals surface area contributed by atoms with Gasteiger partial charge in [-0.2, -0.15) is 0 Å². The average Bonchev–Trinajstić information content (AvgIpc) is 2.73. The highest BCUT2D eigenvalue weighted by Gasteiger charge is 2.14. The molecule has 158 valence electrons. The molecular formula is C20H15ClN4O6. The lowest BCUT2D eigenvalue weighted by atomic mass is 10.2. The number of aliphatic imine (C=N–C) groups is 1. The van der Waals surface area contributed by atoms with Crippen molar-refractivity contribution in [3.05, 3.63) is 85.5 Å². The highest BCUT2D eigenvalue weighted by Crippen LogP contribution is 2.19. The van der Waals surface area contributed by atoms with Gasteiger partial charge in [-0.05, 0) is 48.5 Å². The zero-order valence-corrected chi connectivity index (χ0v) is 16.5. The smallest absolute Gasteiger partial charge is 0.335 e. The molecule has 1 aromatic heterocycles. The molecule has 0 radical (unpaired) electrons. The number of amides is 1. The van der Waals surface area contributed by atoms with Crippen LogP contribution >= 0.6 is 11.6 Å². The molecule has 0 bridgehead atoms. The molecule has 0 fully saturated rings. The van der Waals surface area contributed by atoms with E-state index < -0.39 is 35.6 Å². The van der Waals surface area contributed by atoms with Gasteiger partial charge in [-0.25, -0.2) is 9.36 Å². The van der Waals surface area contributed by atoms with E-state index in [-0.39, 0.29) is 16.8 Å². The molecule has 3 aromatic rings. The fourth-order valence-electron chi connectivity index (χ4n) is 2.58. The summed E-state index contributed by atoms with van der Waals surface area (Å²) < 4.78 is 0.898. The van der Waals surface area contributed by atoms with Crippen molar-refractivity contribution >= 4 is 35.4 Å². The lowest BCUT2D eigenvalue weighted by Gasteiger charge is -2.09. The van der Waals surface area contributed by atoms with Crippen molar-refractivity contribution in [1.29, 1.82) is 0 Å². The highest BCUT2D eigenvalue weighted by atomic mass is 35.5. The third-order valence-corrected chi connectivity index (χ3v) is 4.33. The minimum Gasteiger partial charge on any atom is -0.493 e. The van der Waals surface area contributed by atoms with Crippen LogP contribution in [-0.2, 0) is 4.79 Å². The molecule has 10 nitrogen and oxygen atoms in total. The van der Waals surface area contributed by atoms with Crippen LogP contribution in [0.5, 0.6) is 5.88 Å². The number of halogens is 1. The van der Waals surface area contributed by atoms with E-state index in [1.807, 2.05) is 0 Å². The number of aliphatic carboxylic acids is 1. The quantitative estimate of drug-likeness (QED) is 0.423. The summed E-state index contributed by atoms with van der Waals surface area (Å²) in [6, 6.07) is 11.8. The Kier molecular flexibility index (Phi) is 6.32. The predicted molar refractivity (Wildman–Crippen MR) is 113 cm³/mol. The van der Waals surface area contributed by atoms with E-state index in [9.17, 15) is 24.3 Å². The first-order chi connectivity index (χ1) is 14.8. The zero-order chi connectivity index (χ0) is 22.5. The van der Waals surface area contributed by atoms with Crippen molar-refractivity contribution < 1.29 is 19.8 Å². The Bertz CT molecular complexity index is 1280. The van der Waals surface area contributed by atoms with Crippen molar-refractivity contribution in [2.24, 2.45) is 4.99 Å². The molecule has 0 saturated carbocycles. The van der Waals surface area contributed by atoms with Crippen molar-refractivity contribution in [3.8, 4) is 11.6 Å². The number of hydrogen-bond acceptors (Lipinski definition) is 6. The standard InChI is InChI=1S/C20H15ClN4O6/c21-12-3-7-14(8-4-12)25-19(30)15(18(29)24-20(25)31)9-22-13-5-1-11(2-6-13)17(28)23-10-16(26)27/h1-9,30H,10H2,(H,23,28)(H,26,27)(H,24,29,31). The predicted octanol–water partition coefficient (Wildman–Crippen LogP) is 1.45. The summed E-state index contributed by atoms with van der Waals surface area (Å²) in [5, 5.41) is 21.7. The Morgan fingerprint density at radius 3 is 2.35 bits per heavy atom. The molecule has 0 aliphatic heterocycles. The Hall–Kier alpha value is -4.18. The van der Waals surface area contributed by atoms with Crippen LogP contribution in [0.15, 0.2) is 63.1 Å². The Balaban J connectivity index is 1.89.